The third-order valence-electron chi connectivity index (χ3n) is 4.45. The molecule has 0 fully saturated rings. The third kappa shape index (κ3) is 5.18. The van der Waals surface area contributed by atoms with E-state index in [9.17, 15) is 22.0 Å². The Balaban J connectivity index is 1.75. The molecule has 9 heteroatoms. The molecule has 1 amide bonds. The minimum Gasteiger partial charge on any atom is -0.373 e. The molecule has 162 valence electrons. The number of rotatable bonds is 6. The highest BCUT2D eigenvalue weighted by atomic mass is 32.2. The van der Waals surface area contributed by atoms with Gasteiger partial charge in [0, 0.05) is 31.0 Å². The van der Waals surface area contributed by atoms with Crippen LogP contribution in [0.5, 0.6) is 0 Å². The molecule has 0 atom stereocenters. The Morgan fingerprint density at radius 2 is 1.42 bits per heavy atom. The Kier molecular flexibility index (Phi) is 6.26. The second kappa shape index (κ2) is 8.73. The van der Waals surface area contributed by atoms with Gasteiger partial charge in [0.1, 0.15) is 5.69 Å². The van der Waals surface area contributed by atoms with Gasteiger partial charge in [0.2, 0.25) is 0 Å². The van der Waals surface area contributed by atoms with Gasteiger partial charge in [-0.05, 0) is 55.5 Å². The van der Waals surface area contributed by atoms with E-state index >= 15 is 0 Å². The van der Waals surface area contributed by atoms with Crippen molar-refractivity contribution < 1.29 is 22.0 Å². The molecule has 3 rings (SSSR count). The Hall–Kier alpha value is -3.46. The van der Waals surface area contributed by atoms with Gasteiger partial charge in [0.05, 0.1) is 4.90 Å². The molecular formula is C22H21F2N3O3S. The highest BCUT2D eigenvalue weighted by molar-refractivity contribution is 7.92. The molecule has 6 nitrogen and oxygen atoms in total. The lowest BCUT2D eigenvalue weighted by Crippen LogP contribution is -2.16. The summed E-state index contributed by atoms with van der Waals surface area (Å²) >= 11 is 0. The van der Waals surface area contributed by atoms with Gasteiger partial charge in [-0.25, -0.2) is 17.2 Å². The van der Waals surface area contributed by atoms with E-state index in [1.807, 2.05) is 6.92 Å². The van der Waals surface area contributed by atoms with Crippen LogP contribution in [0.4, 0.5) is 25.8 Å². The van der Waals surface area contributed by atoms with Crippen molar-refractivity contribution in [3.05, 3.63) is 83.4 Å². The molecule has 0 aromatic heterocycles. The van der Waals surface area contributed by atoms with Gasteiger partial charge in [0.15, 0.2) is 11.6 Å². The summed E-state index contributed by atoms with van der Waals surface area (Å²) in [6.45, 7) is 1.89. The summed E-state index contributed by atoms with van der Waals surface area (Å²) in [5, 5.41) is 2.41. The number of anilines is 3. The zero-order valence-electron chi connectivity index (χ0n) is 17.1. The number of hydrogen-bond donors (Lipinski definition) is 2. The number of amides is 1. The van der Waals surface area contributed by atoms with E-state index in [-0.39, 0.29) is 21.8 Å². The lowest BCUT2D eigenvalue weighted by atomic mass is 10.2. The van der Waals surface area contributed by atoms with Crippen LogP contribution in [0.25, 0.3) is 0 Å². The van der Waals surface area contributed by atoms with Gasteiger partial charge in [-0.15, -0.1) is 0 Å². The maximum atomic E-state index is 14.1. The van der Waals surface area contributed by atoms with Crippen LogP contribution < -0.4 is 14.9 Å². The lowest BCUT2D eigenvalue weighted by molar-refractivity contribution is 0.102. The van der Waals surface area contributed by atoms with Crippen LogP contribution in [0.3, 0.4) is 0 Å². The summed E-state index contributed by atoms with van der Waals surface area (Å²) in [6.07, 6.45) is 0. The number of carbonyl (C=O) groups is 1. The first-order chi connectivity index (χ1) is 14.6. The van der Waals surface area contributed by atoms with Crippen LogP contribution in [-0.2, 0) is 10.0 Å². The summed E-state index contributed by atoms with van der Waals surface area (Å²) in [4.78, 5) is 13.7. The predicted octanol–water partition coefficient (Wildman–Crippen LogP) is 4.39. The number of halogens is 2. The van der Waals surface area contributed by atoms with E-state index < -0.39 is 27.6 Å². The largest absolute Gasteiger partial charge is 0.373 e. The van der Waals surface area contributed by atoms with Gasteiger partial charge in [-0.1, -0.05) is 17.7 Å². The number of sulfonamides is 1. The minimum absolute atomic E-state index is 0.0305. The van der Waals surface area contributed by atoms with E-state index in [1.165, 1.54) is 43.3 Å². The molecular weight excluding hydrogens is 424 g/mol. The average molecular weight is 445 g/mol. The molecule has 0 aliphatic heterocycles. The van der Waals surface area contributed by atoms with Crippen molar-refractivity contribution in [2.24, 2.45) is 0 Å². The van der Waals surface area contributed by atoms with Gasteiger partial charge in [-0.2, -0.15) is 0 Å². The standard InChI is InChI=1S/C22H21F2N3O3S/c1-14-4-8-16(9-5-14)26-31(29,30)18-10-6-15(7-11-18)22(28)25-17-12-19(23)21(27(2)3)20(24)13-17/h4-13,26H,1-3H3,(H,25,28). The number of nitrogens with one attached hydrogen (secondary N) is 2. The quantitative estimate of drug-likeness (QED) is 0.590. The van der Waals surface area contributed by atoms with Gasteiger partial charge >= 0.3 is 0 Å². The Morgan fingerprint density at radius 3 is 1.94 bits per heavy atom. The first kappa shape index (κ1) is 22.2. The van der Waals surface area contributed by atoms with Crippen LogP contribution in [0.2, 0.25) is 0 Å². The van der Waals surface area contributed by atoms with Crippen LogP contribution in [0.15, 0.2) is 65.6 Å². The number of hydrogen-bond acceptors (Lipinski definition) is 4. The number of carbonyl (C=O) groups excluding carboxylic acids is 1. The van der Waals surface area contributed by atoms with Crippen molar-refractivity contribution in [3.63, 3.8) is 0 Å². The average Bonchev–Trinajstić information content (AvgIpc) is 2.69. The number of nitrogens with zero attached hydrogens (tertiary/aromatic N) is 1. The molecule has 0 bridgehead atoms. The fourth-order valence-electron chi connectivity index (χ4n) is 2.89. The normalized spacial score (nSPS) is 11.1. The molecule has 0 saturated heterocycles. The number of benzene rings is 3. The van der Waals surface area contributed by atoms with Crippen LogP contribution in [-0.4, -0.2) is 28.4 Å². The molecule has 0 saturated carbocycles. The Labute approximate surface area is 179 Å². The number of aryl methyl sites for hydroxylation is 1. The maximum absolute atomic E-state index is 14.1. The minimum atomic E-state index is -3.84. The van der Waals surface area contributed by atoms with E-state index in [1.54, 1.807) is 24.3 Å². The van der Waals surface area contributed by atoms with E-state index in [4.69, 9.17) is 0 Å². The highest BCUT2D eigenvalue weighted by Gasteiger charge is 2.17. The van der Waals surface area contributed by atoms with Gasteiger partial charge in [0.25, 0.3) is 15.9 Å². The third-order valence-corrected chi connectivity index (χ3v) is 5.85. The van der Waals surface area contributed by atoms with Crippen molar-refractivity contribution >= 4 is 33.0 Å². The maximum Gasteiger partial charge on any atom is 0.261 e. The molecule has 3 aromatic carbocycles. The molecule has 0 unspecified atom stereocenters. The fraction of sp³-hybridized carbons (Fsp3) is 0.136. The monoisotopic (exact) mass is 445 g/mol. The first-order valence-corrected chi connectivity index (χ1v) is 10.7. The molecule has 0 aliphatic rings. The summed E-state index contributed by atoms with van der Waals surface area (Å²) in [5.74, 6) is -2.26. The summed E-state index contributed by atoms with van der Waals surface area (Å²) in [5.41, 5.74) is 1.27. The van der Waals surface area contributed by atoms with Crippen molar-refractivity contribution in [3.8, 4) is 0 Å². The molecule has 0 spiro atoms. The molecule has 2 N–H and O–H groups in total. The van der Waals surface area contributed by atoms with Crippen molar-refractivity contribution in [2.75, 3.05) is 29.0 Å². The second-order valence-electron chi connectivity index (χ2n) is 7.13. The predicted molar refractivity (Wildman–Crippen MR) is 117 cm³/mol. The van der Waals surface area contributed by atoms with Crippen LogP contribution in [0.1, 0.15) is 15.9 Å². The van der Waals surface area contributed by atoms with Crippen LogP contribution in [0, 0.1) is 18.6 Å². The fourth-order valence-corrected chi connectivity index (χ4v) is 3.95. The van der Waals surface area contributed by atoms with Crippen LogP contribution >= 0.6 is 0 Å². The summed E-state index contributed by atoms with van der Waals surface area (Å²) in [7, 11) is -0.831. The highest BCUT2D eigenvalue weighted by Crippen LogP contribution is 2.26. The molecule has 0 heterocycles. The molecule has 0 aliphatic carbocycles. The first-order valence-electron chi connectivity index (χ1n) is 9.24. The van der Waals surface area contributed by atoms with Gasteiger partial charge < -0.3 is 10.2 Å². The van der Waals surface area contributed by atoms with E-state index in [0.29, 0.717) is 5.69 Å². The van der Waals surface area contributed by atoms with Crippen molar-refractivity contribution in [1.82, 2.24) is 0 Å². The topological polar surface area (TPSA) is 78.5 Å². The Morgan fingerprint density at radius 1 is 0.871 bits per heavy atom. The van der Waals surface area contributed by atoms with Crippen molar-refractivity contribution in [2.45, 2.75) is 11.8 Å². The zero-order valence-corrected chi connectivity index (χ0v) is 17.9. The van der Waals surface area contributed by atoms with Crippen molar-refractivity contribution in [1.29, 1.82) is 0 Å². The molecule has 0 radical (unpaired) electrons. The zero-order chi connectivity index (χ0) is 22.8. The SMILES string of the molecule is Cc1ccc(NS(=O)(=O)c2ccc(C(=O)Nc3cc(F)c(N(C)C)c(F)c3)cc2)cc1. The van der Waals surface area contributed by atoms with Gasteiger partial charge in [-0.3, -0.25) is 9.52 Å². The molecule has 3 aromatic rings. The lowest BCUT2D eigenvalue weighted by Gasteiger charge is -2.16. The summed E-state index contributed by atoms with van der Waals surface area (Å²) < 4.78 is 55.7. The van der Waals surface area contributed by atoms with E-state index in [0.717, 1.165) is 17.7 Å². The van der Waals surface area contributed by atoms with E-state index in [2.05, 4.69) is 10.0 Å². The molecule has 31 heavy (non-hydrogen) atoms. The smallest absolute Gasteiger partial charge is 0.261 e. The summed E-state index contributed by atoms with van der Waals surface area (Å²) in [6, 6.07) is 14.1. The second-order valence-corrected chi connectivity index (χ2v) is 8.82. The Bertz CT molecular complexity index is 1190.